The van der Waals surface area contributed by atoms with E-state index < -0.39 is 0 Å². The summed E-state index contributed by atoms with van der Waals surface area (Å²) in [6.45, 7) is 4.11. The molecule has 0 radical (unpaired) electrons. The highest BCUT2D eigenvalue weighted by molar-refractivity contribution is 14.1. The lowest BCUT2D eigenvalue weighted by atomic mass is 10.1. The van der Waals surface area contributed by atoms with Gasteiger partial charge in [-0.15, -0.1) is 0 Å². The number of aryl methyl sites for hydroxylation is 1. The number of para-hydroxylation sites is 1. The monoisotopic (exact) mass is 382 g/mol. The molecule has 1 aromatic heterocycles. The van der Waals surface area contributed by atoms with E-state index in [1.54, 1.807) is 0 Å². The highest BCUT2D eigenvalue weighted by atomic mass is 127. The van der Waals surface area contributed by atoms with Crippen molar-refractivity contribution in [3.05, 3.63) is 51.2 Å². The van der Waals surface area contributed by atoms with Gasteiger partial charge in [-0.3, -0.25) is 0 Å². The van der Waals surface area contributed by atoms with Gasteiger partial charge < -0.3 is 10.5 Å². The number of rotatable bonds is 5. The third-order valence-corrected chi connectivity index (χ3v) is 4.04. The average molecular weight is 382 g/mol. The zero-order valence-corrected chi connectivity index (χ0v) is 13.9. The average Bonchev–Trinajstić information content (AvgIpc) is 2.44. The second kappa shape index (κ2) is 7.04. The molecule has 2 N–H and O–H groups in total. The first-order chi connectivity index (χ1) is 9.60. The number of hydrogen-bond acceptors (Lipinski definition) is 3. The third kappa shape index (κ3) is 3.93. The number of benzene rings is 1. The third-order valence-electron chi connectivity index (χ3n) is 3.15. The fraction of sp³-hybridized carbons (Fsp3) is 0.312. The quantitative estimate of drug-likeness (QED) is 0.794. The van der Waals surface area contributed by atoms with Crippen LogP contribution in [0.1, 0.15) is 24.5 Å². The van der Waals surface area contributed by atoms with Crippen LogP contribution in [0.25, 0.3) is 0 Å². The molecule has 2 rings (SSSR count). The Balaban J connectivity index is 2.16. The van der Waals surface area contributed by atoms with Crippen LogP contribution in [0.5, 0.6) is 11.6 Å². The molecule has 0 aliphatic rings. The molecule has 3 nitrogen and oxygen atoms in total. The minimum Gasteiger partial charge on any atom is -0.438 e. The maximum atomic E-state index is 5.98. The van der Waals surface area contributed by atoms with E-state index in [2.05, 4.69) is 40.6 Å². The molecule has 0 aliphatic heterocycles. The van der Waals surface area contributed by atoms with Crippen LogP contribution in [0.2, 0.25) is 0 Å². The van der Waals surface area contributed by atoms with E-state index in [9.17, 15) is 0 Å². The summed E-state index contributed by atoms with van der Waals surface area (Å²) in [6.07, 6.45) is 3.68. The lowest BCUT2D eigenvalue weighted by Gasteiger charge is -2.12. The zero-order chi connectivity index (χ0) is 14.5. The van der Waals surface area contributed by atoms with Crippen molar-refractivity contribution in [1.82, 2.24) is 4.98 Å². The van der Waals surface area contributed by atoms with Gasteiger partial charge in [-0.25, -0.2) is 4.98 Å². The summed E-state index contributed by atoms with van der Waals surface area (Å²) >= 11 is 2.26. The Bertz CT molecular complexity index is 586. The van der Waals surface area contributed by atoms with E-state index in [1.807, 2.05) is 37.4 Å². The summed E-state index contributed by atoms with van der Waals surface area (Å²) in [7, 11) is 0. The first kappa shape index (κ1) is 15.3. The van der Waals surface area contributed by atoms with Crippen LogP contribution < -0.4 is 10.5 Å². The second-order valence-electron chi connectivity index (χ2n) is 4.87. The molecule has 106 valence electrons. The summed E-state index contributed by atoms with van der Waals surface area (Å²) in [4.78, 5) is 4.42. The maximum absolute atomic E-state index is 5.98. The molecule has 1 aromatic carbocycles. The van der Waals surface area contributed by atoms with Crippen LogP contribution in [0, 0.1) is 10.5 Å². The summed E-state index contributed by atoms with van der Waals surface area (Å²) in [5.74, 6) is 1.49. The van der Waals surface area contributed by atoms with Gasteiger partial charge in [0.1, 0.15) is 5.75 Å². The molecule has 1 heterocycles. The van der Waals surface area contributed by atoms with E-state index in [0.29, 0.717) is 5.88 Å². The molecule has 0 fully saturated rings. The fourth-order valence-corrected chi connectivity index (χ4v) is 2.42. The van der Waals surface area contributed by atoms with Crippen LogP contribution in [0.4, 0.5) is 0 Å². The number of ether oxygens (including phenoxy) is 1. The van der Waals surface area contributed by atoms with Crippen molar-refractivity contribution in [2.75, 3.05) is 0 Å². The number of nitrogens with two attached hydrogens (primary N) is 1. The molecule has 4 heteroatoms. The molecule has 0 saturated heterocycles. The van der Waals surface area contributed by atoms with Gasteiger partial charge in [0, 0.05) is 17.8 Å². The molecule has 1 unspecified atom stereocenters. The Kier molecular flexibility index (Phi) is 5.37. The van der Waals surface area contributed by atoms with Gasteiger partial charge in [0.15, 0.2) is 0 Å². The van der Waals surface area contributed by atoms with E-state index >= 15 is 0 Å². The molecule has 0 bridgehead atoms. The van der Waals surface area contributed by atoms with Crippen molar-refractivity contribution in [1.29, 1.82) is 0 Å². The number of aromatic nitrogens is 1. The molecule has 20 heavy (non-hydrogen) atoms. The lowest BCUT2D eigenvalue weighted by Crippen LogP contribution is -2.21. The minimum atomic E-state index is 0.193. The van der Waals surface area contributed by atoms with E-state index in [-0.39, 0.29) is 6.04 Å². The van der Waals surface area contributed by atoms with Gasteiger partial charge >= 0.3 is 0 Å². The Labute approximate surface area is 133 Å². The van der Waals surface area contributed by atoms with Gasteiger partial charge in [0.05, 0.1) is 3.57 Å². The summed E-state index contributed by atoms with van der Waals surface area (Å²) in [5.41, 5.74) is 8.17. The van der Waals surface area contributed by atoms with Crippen LogP contribution in [-0.2, 0) is 6.42 Å². The van der Waals surface area contributed by atoms with Gasteiger partial charge in [-0.1, -0.05) is 19.1 Å². The standard InChI is InChI=1S/C16H19IN2O/c1-3-13(18)9-12-8-11(2)16(19-10-12)20-15-7-5-4-6-14(15)17/h4-8,10,13H,3,9,18H2,1-2H3. The number of halogens is 1. The molecule has 0 aliphatic carbocycles. The lowest BCUT2D eigenvalue weighted by molar-refractivity contribution is 0.455. The molecule has 2 aromatic rings. The molecular formula is C16H19IN2O. The highest BCUT2D eigenvalue weighted by Gasteiger charge is 2.08. The first-order valence-corrected chi connectivity index (χ1v) is 7.81. The Morgan fingerprint density at radius 2 is 2.10 bits per heavy atom. The summed E-state index contributed by atoms with van der Waals surface area (Å²) in [5, 5.41) is 0. The van der Waals surface area contributed by atoms with Gasteiger partial charge in [-0.2, -0.15) is 0 Å². The van der Waals surface area contributed by atoms with Crippen molar-refractivity contribution < 1.29 is 4.74 Å². The Morgan fingerprint density at radius 1 is 1.35 bits per heavy atom. The van der Waals surface area contributed by atoms with Crippen LogP contribution >= 0.6 is 22.6 Å². The molecule has 0 spiro atoms. The Morgan fingerprint density at radius 3 is 2.75 bits per heavy atom. The van der Waals surface area contributed by atoms with Crippen molar-refractivity contribution >= 4 is 22.6 Å². The van der Waals surface area contributed by atoms with Gasteiger partial charge in [0.2, 0.25) is 5.88 Å². The molecule has 0 saturated carbocycles. The Hall–Kier alpha value is -1.14. The van der Waals surface area contributed by atoms with Crippen LogP contribution in [0.3, 0.4) is 0 Å². The van der Waals surface area contributed by atoms with E-state index in [4.69, 9.17) is 10.5 Å². The van der Waals surface area contributed by atoms with Crippen LogP contribution in [0.15, 0.2) is 36.5 Å². The van der Waals surface area contributed by atoms with E-state index in [0.717, 1.165) is 33.3 Å². The first-order valence-electron chi connectivity index (χ1n) is 6.73. The number of hydrogen-bond donors (Lipinski definition) is 1. The highest BCUT2D eigenvalue weighted by Crippen LogP contribution is 2.27. The number of nitrogens with zero attached hydrogens (tertiary/aromatic N) is 1. The SMILES string of the molecule is CCC(N)Cc1cnc(Oc2ccccc2I)c(C)c1. The molecular weight excluding hydrogens is 363 g/mol. The molecule has 0 amide bonds. The summed E-state index contributed by atoms with van der Waals surface area (Å²) in [6, 6.07) is 10.2. The van der Waals surface area contributed by atoms with Gasteiger partial charge in [0.25, 0.3) is 0 Å². The molecule has 1 atom stereocenters. The largest absolute Gasteiger partial charge is 0.438 e. The van der Waals surface area contributed by atoms with Crippen molar-refractivity contribution in [3.63, 3.8) is 0 Å². The zero-order valence-electron chi connectivity index (χ0n) is 11.8. The normalized spacial score (nSPS) is 12.2. The predicted molar refractivity (Wildman–Crippen MR) is 90.2 cm³/mol. The van der Waals surface area contributed by atoms with Gasteiger partial charge in [-0.05, 0) is 66.1 Å². The van der Waals surface area contributed by atoms with Crippen molar-refractivity contribution in [3.8, 4) is 11.6 Å². The second-order valence-corrected chi connectivity index (χ2v) is 6.03. The minimum absolute atomic E-state index is 0.193. The van der Waals surface area contributed by atoms with Crippen LogP contribution in [-0.4, -0.2) is 11.0 Å². The summed E-state index contributed by atoms with van der Waals surface area (Å²) < 4.78 is 6.95. The van der Waals surface area contributed by atoms with Crippen molar-refractivity contribution in [2.24, 2.45) is 5.73 Å². The smallest absolute Gasteiger partial charge is 0.222 e. The maximum Gasteiger partial charge on any atom is 0.222 e. The predicted octanol–water partition coefficient (Wildman–Crippen LogP) is 4.07. The van der Waals surface area contributed by atoms with Crippen molar-refractivity contribution in [2.45, 2.75) is 32.7 Å². The topological polar surface area (TPSA) is 48.1 Å². The van der Waals surface area contributed by atoms with E-state index in [1.165, 1.54) is 0 Å². The number of pyridine rings is 1. The fourth-order valence-electron chi connectivity index (χ4n) is 1.92.